The Bertz CT molecular complexity index is 1170. The SMILES string of the molecule is C=CC(=O)Nc1cccc(C(=NC)N(CC)CCN(Nc2ccc(C)cc2)C(=O)c2ccc[nH]2)c1. The molecule has 0 unspecified atom stereocenters. The summed E-state index contributed by atoms with van der Waals surface area (Å²) in [5.74, 6) is 0.339. The van der Waals surface area contributed by atoms with Crippen LogP contribution in [0.15, 0.2) is 84.5 Å². The third-order valence-corrected chi connectivity index (χ3v) is 5.45. The van der Waals surface area contributed by atoms with E-state index in [9.17, 15) is 9.59 Å². The summed E-state index contributed by atoms with van der Waals surface area (Å²) < 4.78 is 0. The van der Waals surface area contributed by atoms with Gasteiger partial charge in [-0.05, 0) is 56.3 Å². The Morgan fingerprint density at radius 3 is 2.46 bits per heavy atom. The molecule has 2 amide bonds. The number of amidine groups is 1. The van der Waals surface area contributed by atoms with Gasteiger partial charge in [0.05, 0.1) is 12.2 Å². The van der Waals surface area contributed by atoms with E-state index in [4.69, 9.17) is 0 Å². The number of nitrogens with one attached hydrogen (secondary N) is 3. The summed E-state index contributed by atoms with van der Waals surface area (Å²) >= 11 is 0. The van der Waals surface area contributed by atoms with E-state index in [1.54, 1.807) is 30.4 Å². The first-order valence-electron chi connectivity index (χ1n) is 11.5. The zero-order valence-electron chi connectivity index (χ0n) is 20.4. The van der Waals surface area contributed by atoms with Gasteiger partial charge in [-0.3, -0.25) is 20.0 Å². The molecule has 2 aromatic carbocycles. The first-order valence-corrected chi connectivity index (χ1v) is 11.5. The zero-order valence-corrected chi connectivity index (χ0v) is 20.4. The predicted molar refractivity (Wildman–Crippen MR) is 142 cm³/mol. The lowest BCUT2D eigenvalue weighted by atomic mass is 10.1. The molecule has 0 saturated carbocycles. The Labute approximate surface area is 206 Å². The van der Waals surface area contributed by atoms with Crippen LogP contribution in [0.2, 0.25) is 0 Å². The van der Waals surface area contributed by atoms with Gasteiger partial charge in [0, 0.05) is 37.6 Å². The molecule has 3 N–H and O–H groups in total. The number of amides is 2. The maximum Gasteiger partial charge on any atom is 0.288 e. The van der Waals surface area contributed by atoms with Crippen LogP contribution >= 0.6 is 0 Å². The van der Waals surface area contributed by atoms with Gasteiger partial charge in [-0.2, -0.15) is 0 Å². The Morgan fingerprint density at radius 1 is 1.06 bits per heavy atom. The molecule has 0 saturated heterocycles. The lowest BCUT2D eigenvalue weighted by Crippen LogP contribution is -2.44. The highest BCUT2D eigenvalue weighted by Crippen LogP contribution is 2.15. The number of hydrogen-bond acceptors (Lipinski definition) is 4. The van der Waals surface area contributed by atoms with Crippen LogP contribution in [-0.2, 0) is 4.79 Å². The van der Waals surface area contributed by atoms with Crippen molar-refractivity contribution >= 4 is 29.0 Å². The van der Waals surface area contributed by atoms with Gasteiger partial charge in [0.15, 0.2) is 0 Å². The van der Waals surface area contributed by atoms with Gasteiger partial charge in [0.1, 0.15) is 11.5 Å². The van der Waals surface area contributed by atoms with Crippen molar-refractivity contribution in [1.29, 1.82) is 0 Å². The number of carbonyl (C=O) groups excluding carboxylic acids is 2. The van der Waals surface area contributed by atoms with Gasteiger partial charge in [-0.1, -0.05) is 36.4 Å². The van der Waals surface area contributed by atoms with Crippen molar-refractivity contribution in [3.63, 3.8) is 0 Å². The largest absolute Gasteiger partial charge is 0.357 e. The van der Waals surface area contributed by atoms with Gasteiger partial charge >= 0.3 is 0 Å². The van der Waals surface area contributed by atoms with E-state index in [2.05, 4.69) is 32.2 Å². The van der Waals surface area contributed by atoms with Gasteiger partial charge in [-0.15, -0.1) is 0 Å². The highest BCUT2D eigenvalue weighted by atomic mass is 16.2. The molecular weight excluding hydrogens is 440 g/mol. The summed E-state index contributed by atoms with van der Waals surface area (Å²) in [7, 11) is 1.74. The maximum absolute atomic E-state index is 13.2. The van der Waals surface area contributed by atoms with Crippen LogP contribution in [0, 0.1) is 6.92 Å². The molecular formula is C27H32N6O2. The Hall–Kier alpha value is -4.33. The summed E-state index contributed by atoms with van der Waals surface area (Å²) in [6.45, 7) is 9.19. The highest BCUT2D eigenvalue weighted by molar-refractivity contribution is 6.02. The number of carbonyl (C=O) groups is 2. The second-order valence-corrected chi connectivity index (χ2v) is 7.92. The molecule has 1 aromatic heterocycles. The van der Waals surface area contributed by atoms with Crippen LogP contribution in [0.25, 0.3) is 0 Å². The van der Waals surface area contributed by atoms with Crippen molar-refractivity contribution in [2.75, 3.05) is 37.4 Å². The van der Waals surface area contributed by atoms with Crippen LogP contribution in [0.4, 0.5) is 11.4 Å². The quantitative estimate of drug-likeness (QED) is 0.177. The number of aliphatic imine (C=N–C) groups is 1. The lowest BCUT2D eigenvalue weighted by Gasteiger charge is -2.30. The number of aromatic amines is 1. The van der Waals surface area contributed by atoms with Crippen molar-refractivity contribution in [1.82, 2.24) is 14.9 Å². The third kappa shape index (κ3) is 6.83. The monoisotopic (exact) mass is 472 g/mol. The van der Waals surface area contributed by atoms with E-state index in [-0.39, 0.29) is 11.8 Å². The molecule has 0 spiro atoms. The number of H-pyrrole nitrogens is 1. The number of aryl methyl sites for hydroxylation is 1. The third-order valence-electron chi connectivity index (χ3n) is 5.45. The average molecular weight is 473 g/mol. The van der Waals surface area contributed by atoms with E-state index in [1.807, 2.05) is 62.4 Å². The fourth-order valence-corrected chi connectivity index (χ4v) is 3.62. The molecule has 8 nitrogen and oxygen atoms in total. The van der Waals surface area contributed by atoms with E-state index < -0.39 is 0 Å². The molecule has 3 rings (SSSR count). The lowest BCUT2D eigenvalue weighted by molar-refractivity contribution is -0.111. The number of likely N-dealkylation sites (N-methyl/N-ethyl adjacent to an activating group) is 1. The Balaban J connectivity index is 1.79. The first kappa shape index (κ1) is 25.3. The predicted octanol–water partition coefficient (Wildman–Crippen LogP) is 4.32. The standard InChI is InChI=1S/C27H32N6O2/c1-5-25(34)30-23-10-7-9-21(19-23)26(28-4)32(6-2)17-18-33(27(35)24-11-8-16-29-24)31-22-14-12-20(3)13-15-22/h5,7-16,19,29,31H,1,6,17-18H2,2-4H3,(H,30,34). The van der Waals surface area contributed by atoms with Gasteiger partial charge < -0.3 is 15.2 Å². The number of aromatic nitrogens is 1. The number of nitrogens with zero attached hydrogens (tertiary/aromatic N) is 3. The second-order valence-electron chi connectivity index (χ2n) is 7.92. The minimum atomic E-state index is -0.273. The molecule has 0 atom stereocenters. The topological polar surface area (TPSA) is 92.8 Å². The number of anilines is 2. The van der Waals surface area contributed by atoms with E-state index in [0.29, 0.717) is 31.0 Å². The van der Waals surface area contributed by atoms with E-state index >= 15 is 0 Å². The number of benzene rings is 2. The first-order chi connectivity index (χ1) is 16.9. The van der Waals surface area contributed by atoms with Gasteiger partial charge in [-0.25, -0.2) is 5.01 Å². The zero-order chi connectivity index (χ0) is 25.2. The van der Waals surface area contributed by atoms with Crippen LogP contribution in [0.5, 0.6) is 0 Å². The van der Waals surface area contributed by atoms with Crippen molar-refractivity contribution in [2.45, 2.75) is 13.8 Å². The molecule has 0 radical (unpaired) electrons. The molecule has 35 heavy (non-hydrogen) atoms. The Kier molecular flexibility index (Phi) is 8.83. The van der Waals surface area contributed by atoms with Crippen molar-refractivity contribution in [3.05, 3.63) is 96.3 Å². The minimum Gasteiger partial charge on any atom is -0.357 e. The molecule has 3 aromatic rings. The number of hydrazine groups is 1. The molecule has 0 fully saturated rings. The van der Waals surface area contributed by atoms with Crippen LogP contribution in [0.1, 0.15) is 28.5 Å². The van der Waals surface area contributed by atoms with Crippen LogP contribution in [0.3, 0.4) is 0 Å². The fraction of sp³-hybridized carbons (Fsp3) is 0.222. The van der Waals surface area contributed by atoms with Crippen LogP contribution in [-0.4, -0.2) is 59.2 Å². The molecule has 0 aliphatic rings. The minimum absolute atomic E-state index is 0.157. The van der Waals surface area contributed by atoms with E-state index in [0.717, 1.165) is 22.6 Å². The molecule has 182 valence electrons. The smallest absolute Gasteiger partial charge is 0.288 e. The van der Waals surface area contributed by atoms with E-state index in [1.165, 1.54) is 6.08 Å². The fourth-order valence-electron chi connectivity index (χ4n) is 3.62. The average Bonchev–Trinajstić information content (AvgIpc) is 3.41. The summed E-state index contributed by atoms with van der Waals surface area (Å²) in [6.07, 6.45) is 2.96. The summed E-state index contributed by atoms with van der Waals surface area (Å²) in [5.41, 5.74) is 7.25. The van der Waals surface area contributed by atoms with Gasteiger partial charge in [0.2, 0.25) is 5.91 Å². The van der Waals surface area contributed by atoms with Crippen molar-refractivity contribution in [3.8, 4) is 0 Å². The number of rotatable bonds is 10. The summed E-state index contributed by atoms with van der Waals surface area (Å²) in [4.78, 5) is 34.5. The molecule has 8 heteroatoms. The molecule has 0 aliphatic heterocycles. The van der Waals surface area contributed by atoms with Crippen LogP contribution < -0.4 is 10.7 Å². The molecule has 0 bridgehead atoms. The number of hydrogen-bond donors (Lipinski definition) is 3. The molecule has 0 aliphatic carbocycles. The van der Waals surface area contributed by atoms with Crippen molar-refractivity contribution < 1.29 is 9.59 Å². The highest BCUT2D eigenvalue weighted by Gasteiger charge is 2.20. The summed E-state index contributed by atoms with van der Waals surface area (Å²) in [6, 6.07) is 19.0. The normalized spacial score (nSPS) is 11.0. The van der Waals surface area contributed by atoms with Gasteiger partial charge in [0.25, 0.3) is 5.91 Å². The maximum atomic E-state index is 13.2. The molecule has 1 heterocycles. The summed E-state index contributed by atoms with van der Waals surface area (Å²) in [5, 5.41) is 4.39. The Morgan fingerprint density at radius 2 is 1.83 bits per heavy atom. The second kappa shape index (κ2) is 12.2. The van der Waals surface area contributed by atoms with Crippen molar-refractivity contribution in [2.24, 2.45) is 4.99 Å².